The molecule has 0 fully saturated rings. The third kappa shape index (κ3) is 3.75. The van der Waals surface area contributed by atoms with Crippen molar-refractivity contribution in [3.05, 3.63) is 29.1 Å². The van der Waals surface area contributed by atoms with E-state index in [9.17, 15) is 0 Å². The van der Waals surface area contributed by atoms with E-state index in [2.05, 4.69) is 15.1 Å². The second-order valence-electron chi connectivity index (χ2n) is 4.78. The fourth-order valence-corrected chi connectivity index (χ4v) is 2.20. The Morgan fingerprint density at radius 1 is 1.40 bits per heavy atom. The van der Waals surface area contributed by atoms with Crippen LogP contribution in [-0.2, 0) is 31.5 Å². The summed E-state index contributed by atoms with van der Waals surface area (Å²) in [4.78, 5) is 2.14. The molecule has 0 aliphatic rings. The molecule has 8 heteroatoms. The van der Waals surface area contributed by atoms with Gasteiger partial charge in [-0.1, -0.05) is 0 Å². The van der Waals surface area contributed by atoms with Crippen LogP contribution in [0.5, 0.6) is 0 Å². The van der Waals surface area contributed by atoms with E-state index < -0.39 is 0 Å². The van der Waals surface area contributed by atoms with Crippen molar-refractivity contribution in [2.24, 2.45) is 7.05 Å². The molecule has 20 heavy (non-hydrogen) atoms. The zero-order chi connectivity index (χ0) is 14.5. The summed E-state index contributed by atoms with van der Waals surface area (Å²) in [5, 5.41) is 8.47. The third-order valence-electron chi connectivity index (χ3n) is 2.92. The molecular weight excluding hydrogens is 276 g/mol. The van der Waals surface area contributed by atoms with Crippen LogP contribution in [0.15, 0.2) is 18.7 Å². The predicted molar refractivity (Wildman–Crippen MR) is 77.6 cm³/mol. The Hall–Kier alpha value is -1.51. The Balaban J connectivity index is 1.95. The summed E-state index contributed by atoms with van der Waals surface area (Å²) in [7, 11) is 5.62. The first kappa shape index (κ1) is 14.9. The summed E-state index contributed by atoms with van der Waals surface area (Å²) in [6.07, 6.45) is 5.62. The normalized spacial score (nSPS) is 11.4. The van der Waals surface area contributed by atoms with Gasteiger partial charge >= 0.3 is 0 Å². The molecule has 0 bridgehead atoms. The minimum absolute atomic E-state index is 0.630. The fraction of sp³-hybridized carbons (Fsp3) is 0.583. The first-order valence-electron chi connectivity index (χ1n) is 6.37. The maximum absolute atomic E-state index is 5.39. The lowest BCUT2D eigenvalue weighted by atomic mass is 10.3. The molecule has 0 aliphatic carbocycles. The van der Waals surface area contributed by atoms with Crippen LogP contribution in [0.4, 0.5) is 0 Å². The summed E-state index contributed by atoms with van der Waals surface area (Å²) < 4.78 is 11.3. The van der Waals surface area contributed by atoms with Crippen molar-refractivity contribution in [2.45, 2.75) is 19.8 Å². The van der Waals surface area contributed by atoms with E-state index in [0.29, 0.717) is 18.0 Å². The van der Waals surface area contributed by atoms with E-state index in [1.54, 1.807) is 22.8 Å². The van der Waals surface area contributed by atoms with E-state index in [0.717, 1.165) is 13.1 Å². The monoisotopic (exact) mass is 296 g/mol. The van der Waals surface area contributed by atoms with Gasteiger partial charge in [-0.05, 0) is 19.3 Å². The topological polar surface area (TPSA) is 53.0 Å². The summed E-state index contributed by atoms with van der Waals surface area (Å²) in [6.45, 7) is 2.81. The van der Waals surface area contributed by atoms with Crippen molar-refractivity contribution >= 4 is 12.2 Å². The van der Waals surface area contributed by atoms with E-state index >= 15 is 0 Å². The van der Waals surface area contributed by atoms with Gasteiger partial charge in [0.15, 0.2) is 4.77 Å². The van der Waals surface area contributed by atoms with Crippen LogP contribution in [0.3, 0.4) is 0 Å². The molecule has 0 N–H and O–H groups in total. The number of nitrogens with zero attached hydrogens (tertiary/aromatic N) is 6. The lowest BCUT2D eigenvalue weighted by molar-refractivity contribution is 0.186. The fourth-order valence-electron chi connectivity index (χ4n) is 1.96. The number of rotatable bonds is 7. The summed E-state index contributed by atoms with van der Waals surface area (Å²) >= 11 is 5.39. The molecule has 110 valence electrons. The van der Waals surface area contributed by atoms with Crippen LogP contribution >= 0.6 is 12.2 Å². The molecule has 0 saturated heterocycles. The van der Waals surface area contributed by atoms with Crippen molar-refractivity contribution in [3.63, 3.8) is 0 Å². The molecule has 0 aliphatic heterocycles. The number of hydrogen-bond donors (Lipinski definition) is 0. The lowest BCUT2D eigenvalue weighted by Crippen LogP contribution is -2.22. The van der Waals surface area contributed by atoms with Gasteiger partial charge in [-0.2, -0.15) is 10.2 Å². The van der Waals surface area contributed by atoms with Crippen LogP contribution < -0.4 is 0 Å². The highest BCUT2D eigenvalue weighted by atomic mass is 32.1. The smallest absolute Gasteiger partial charge is 0.198 e. The Labute approximate surface area is 123 Å². The highest BCUT2D eigenvalue weighted by Crippen LogP contribution is 2.03. The first-order chi connectivity index (χ1) is 9.60. The third-order valence-corrected chi connectivity index (χ3v) is 3.36. The molecule has 0 radical (unpaired) electrons. The van der Waals surface area contributed by atoms with Crippen LogP contribution in [0.1, 0.15) is 5.56 Å². The number of methoxy groups -OCH3 is 1. The molecule has 7 nitrogen and oxygen atoms in total. The summed E-state index contributed by atoms with van der Waals surface area (Å²) in [6, 6.07) is 0. The maximum Gasteiger partial charge on any atom is 0.198 e. The predicted octanol–water partition coefficient (Wildman–Crippen LogP) is 0.883. The molecule has 2 aromatic heterocycles. The van der Waals surface area contributed by atoms with Crippen molar-refractivity contribution in [1.82, 2.24) is 29.0 Å². The van der Waals surface area contributed by atoms with Gasteiger partial charge < -0.3 is 9.30 Å². The molecule has 0 spiro atoms. The maximum atomic E-state index is 5.39. The highest BCUT2D eigenvalue weighted by Gasteiger charge is 2.06. The Kier molecular flexibility index (Phi) is 5.05. The molecule has 2 rings (SSSR count). The average molecular weight is 296 g/mol. The van der Waals surface area contributed by atoms with Gasteiger partial charge in [0.2, 0.25) is 0 Å². The molecule has 0 atom stereocenters. The zero-order valence-corrected chi connectivity index (χ0v) is 12.9. The largest absolute Gasteiger partial charge is 0.383 e. The summed E-state index contributed by atoms with van der Waals surface area (Å²) in [5.74, 6) is 0. The van der Waals surface area contributed by atoms with Crippen molar-refractivity contribution in [2.75, 3.05) is 20.8 Å². The van der Waals surface area contributed by atoms with Gasteiger partial charge in [-0.15, -0.1) is 0 Å². The van der Waals surface area contributed by atoms with Gasteiger partial charge in [0.05, 0.1) is 19.5 Å². The molecule has 2 aromatic rings. The Morgan fingerprint density at radius 2 is 2.20 bits per heavy atom. The summed E-state index contributed by atoms with van der Waals surface area (Å²) in [5.41, 5.74) is 1.17. The van der Waals surface area contributed by atoms with Gasteiger partial charge in [0, 0.05) is 39.0 Å². The van der Waals surface area contributed by atoms with Crippen molar-refractivity contribution < 1.29 is 4.74 Å². The van der Waals surface area contributed by atoms with Gasteiger partial charge in [0.25, 0.3) is 0 Å². The zero-order valence-electron chi connectivity index (χ0n) is 12.1. The van der Waals surface area contributed by atoms with Crippen LogP contribution in [0.2, 0.25) is 0 Å². The van der Waals surface area contributed by atoms with E-state index in [1.807, 2.05) is 31.1 Å². The van der Waals surface area contributed by atoms with Crippen molar-refractivity contribution in [1.29, 1.82) is 0 Å². The Bertz CT molecular complexity index is 601. The van der Waals surface area contributed by atoms with Crippen molar-refractivity contribution in [3.8, 4) is 0 Å². The number of hydrogen-bond acceptors (Lipinski definition) is 5. The number of aromatic nitrogens is 5. The molecule has 2 heterocycles. The van der Waals surface area contributed by atoms with Crippen LogP contribution in [0.25, 0.3) is 0 Å². The second-order valence-corrected chi connectivity index (χ2v) is 5.14. The first-order valence-corrected chi connectivity index (χ1v) is 6.78. The molecular formula is C12H20N6OS. The second kappa shape index (κ2) is 6.78. The molecule has 0 aromatic carbocycles. The van der Waals surface area contributed by atoms with E-state index in [4.69, 9.17) is 17.0 Å². The van der Waals surface area contributed by atoms with Gasteiger partial charge in [-0.3, -0.25) is 9.58 Å². The van der Waals surface area contributed by atoms with Crippen LogP contribution in [-0.4, -0.2) is 49.8 Å². The minimum atomic E-state index is 0.630. The van der Waals surface area contributed by atoms with E-state index in [-0.39, 0.29) is 0 Å². The molecule has 0 amide bonds. The molecule has 0 saturated carbocycles. The standard InChI is InChI=1S/C12H20N6OS/c1-15(7-11-6-13-16(2)8-11)10-18-12(20)17(9-14-18)4-5-19-3/h6,8-9H,4-5,7,10H2,1-3H3. The van der Waals surface area contributed by atoms with E-state index in [1.165, 1.54) is 5.56 Å². The minimum Gasteiger partial charge on any atom is -0.383 e. The number of aryl methyl sites for hydroxylation is 1. The SMILES string of the molecule is COCCn1cnn(CN(C)Cc2cnn(C)c2)c1=S. The highest BCUT2D eigenvalue weighted by molar-refractivity contribution is 7.71. The number of ether oxygens (including phenoxy) is 1. The van der Waals surface area contributed by atoms with Gasteiger partial charge in [0.1, 0.15) is 6.33 Å². The van der Waals surface area contributed by atoms with Gasteiger partial charge in [-0.25, -0.2) is 4.68 Å². The molecule has 0 unspecified atom stereocenters. The lowest BCUT2D eigenvalue weighted by Gasteiger charge is -2.15. The Morgan fingerprint density at radius 3 is 2.85 bits per heavy atom. The van der Waals surface area contributed by atoms with Crippen LogP contribution in [0, 0.1) is 4.77 Å². The average Bonchev–Trinajstić information content (AvgIpc) is 2.95. The quantitative estimate of drug-likeness (QED) is 0.710.